The van der Waals surface area contributed by atoms with Gasteiger partial charge >= 0.3 is 5.97 Å². The average Bonchev–Trinajstić information content (AvgIpc) is 2.95. The average molecular weight is 233 g/mol. The zero-order valence-corrected chi connectivity index (χ0v) is 9.77. The molecule has 2 rings (SSSR count). The molecule has 17 heavy (non-hydrogen) atoms. The van der Waals surface area contributed by atoms with Crippen LogP contribution in [0.2, 0.25) is 0 Å². The number of aromatic nitrogens is 1. The van der Waals surface area contributed by atoms with Crippen molar-refractivity contribution >= 4 is 11.7 Å². The van der Waals surface area contributed by atoms with Gasteiger partial charge in [-0.3, -0.25) is 0 Å². The van der Waals surface area contributed by atoms with Gasteiger partial charge in [0.15, 0.2) is 0 Å². The van der Waals surface area contributed by atoms with Crippen molar-refractivity contribution in [3.63, 3.8) is 0 Å². The number of esters is 1. The summed E-state index contributed by atoms with van der Waals surface area (Å²) >= 11 is 0. The molecule has 0 spiro atoms. The fourth-order valence-electron chi connectivity index (χ4n) is 1.80. The Morgan fingerprint density at radius 1 is 1.71 bits per heavy atom. The minimum Gasteiger partial charge on any atom is -0.460 e. The molecule has 0 aliphatic heterocycles. The van der Waals surface area contributed by atoms with Gasteiger partial charge in [-0.1, -0.05) is 0 Å². The lowest BCUT2D eigenvalue weighted by atomic mass is 10.1. The Hall–Kier alpha value is -1.96. The van der Waals surface area contributed by atoms with Crippen molar-refractivity contribution in [1.29, 1.82) is 5.26 Å². The number of hydrogen-bond donors (Lipinski definition) is 1. The van der Waals surface area contributed by atoms with E-state index in [1.807, 2.05) is 0 Å². The SMILES string of the molecule is Cn1cc(N)cc1C(=O)OCC1(CC#N)CC1. The lowest BCUT2D eigenvalue weighted by Crippen LogP contribution is -2.16. The van der Waals surface area contributed by atoms with E-state index in [9.17, 15) is 4.79 Å². The summed E-state index contributed by atoms with van der Waals surface area (Å²) in [7, 11) is 1.75. The first-order chi connectivity index (χ1) is 8.06. The third-order valence-corrected chi connectivity index (χ3v) is 3.16. The molecule has 0 radical (unpaired) electrons. The molecule has 5 heteroatoms. The van der Waals surface area contributed by atoms with Crippen molar-refractivity contribution in [2.75, 3.05) is 12.3 Å². The van der Waals surface area contributed by atoms with E-state index in [0.717, 1.165) is 12.8 Å². The topological polar surface area (TPSA) is 81.0 Å². The van der Waals surface area contributed by atoms with Crippen molar-refractivity contribution in [2.45, 2.75) is 19.3 Å². The zero-order chi connectivity index (χ0) is 12.5. The summed E-state index contributed by atoms with van der Waals surface area (Å²) in [5.41, 5.74) is 6.48. The molecule has 1 heterocycles. The molecule has 90 valence electrons. The minimum atomic E-state index is -0.381. The van der Waals surface area contributed by atoms with E-state index in [2.05, 4.69) is 6.07 Å². The molecular weight excluding hydrogens is 218 g/mol. The van der Waals surface area contributed by atoms with Crippen molar-refractivity contribution in [3.05, 3.63) is 18.0 Å². The van der Waals surface area contributed by atoms with Crippen LogP contribution in [0.4, 0.5) is 5.69 Å². The van der Waals surface area contributed by atoms with Gasteiger partial charge in [0.25, 0.3) is 0 Å². The highest BCUT2D eigenvalue weighted by Gasteiger charge is 2.43. The zero-order valence-electron chi connectivity index (χ0n) is 9.77. The molecule has 0 amide bonds. The second-order valence-corrected chi connectivity index (χ2v) is 4.68. The predicted octanol–water partition coefficient (Wildman–Crippen LogP) is 1.46. The molecule has 2 N–H and O–H groups in total. The van der Waals surface area contributed by atoms with E-state index in [1.165, 1.54) is 0 Å². The maximum Gasteiger partial charge on any atom is 0.355 e. The molecule has 1 aliphatic rings. The molecule has 5 nitrogen and oxygen atoms in total. The van der Waals surface area contributed by atoms with Crippen molar-refractivity contribution in [3.8, 4) is 6.07 Å². The Kier molecular flexibility index (Phi) is 2.80. The Morgan fingerprint density at radius 2 is 2.41 bits per heavy atom. The van der Waals surface area contributed by atoms with Gasteiger partial charge in [-0.15, -0.1) is 0 Å². The molecule has 1 aliphatic carbocycles. The standard InChI is InChI=1S/C12H15N3O2/c1-15-7-9(14)6-10(15)11(16)17-8-12(2-3-12)4-5-13/h6-7H,2-4,8,14H2,1H3. The molecule has 1 aromatic rings. The lowest BCUT2D eigenvalue weighted by molar-refractivity contribution is 0.0408. The number of hydrogen-bond acceptors (Lipinski definition) is 4. The summed E-state index contributed by atoms with van der Waals surface area (Å²) in [5, 5.41) is 8.66. The number of anilines is 1. The number of rotatable bonds is 4. The van der Waals surface area contributed by atoms with Crippen LogP contribution in [-0.4, -0.2) is 17.1 Å². The number of carbonyl (C=O) groups is 1. The molecular formula is C12H15N3O2. The van der Waals surface area contributed by atoms with Gasteiger partial charge in [0, 0.05) is 25.1 Å². The van der Waals surface area contributed by atoms with Gasteiger partial charge in [0.2, 0.25) is 0 Å². The second kappa shape index (κ2) is 4.13. The number of carbonyl (C=O) groups excluding carboxylic acids is 1. The highest BCUT2D eigenvalue weighted by Crippen LogP contribution is 2.48. The third kappa shape index (κ3) is 2.41. The molecule has 1 fully saturated rings. The summed E-state index contributed by atoms with van der Waals surface area (Å²) in [6.07, 6.45) is 4.04. The Labute approximate surface area is 99.8 Å². The quantitative estimate of drug-likeness (QED) is 0.798. The molecule has 0 saturated heterocycles. The molecule has 1 saturated carbocycles. The molecule has 0 atom stereocenters. The minimum absolute atomic E-state index is 0.0822. The smallest absolute Gasteiger partial charge is 0.355 e. The van der Waals surface area contributed by atoms with Gasteiger partial charge in [-0.05, 0) is 18.9 Å². The van der Waals surface area contributed by atoms with E-state index in [-0.39, 0.29) is 11.4 Å². The molecule has 0 aromatic carbocycles. The summed E-state index contributed by atoms with van der Waals surface area (Å²) in [4.78, 5) is 11.8. The summed E-state index contributed by atoms with van der Waals surface area (Å²) in [5.74, 6) is -0.381. The first kappa shape index (κ1) is 11.5. The Bertz CT molecular complexity index is 480. The van der Waals surface area contributed by atoms with Crippen LogP contribution in [-0.2, 0) is 11.8 Å². The monoisotopic (exact) mass is 233 g/mol. The second-order valence-electron chi connectivity index (χ2n) is 4.68. The van der Waals surface area contributed by atoms with Crippen LogP contribution in [0.5, 0.6) is 0 Å². The fraction of sp³-hybridized carbons (Fsp3) is 0.500. The van der Waals surface area contributed by atoms with Crippen LogP contribution in [0.1, 0.15) is 29.8 Å². The first-order valence-corrected chi connectivity index (χ1v) is 5.52. The number of aryl methyl sites for hydroxylation is 1. The number of nitrogens with two attached hydrogens (primary N) is 1. The molecule has 0 bridgehead atoms. The number of nitrogen functional groups attached to an aromatic ring is 1. The van der Waals surface area contributed by atoms with E-state index in [0.29, 0.717) is 24.4 Å². The van der Waals surface area contributed by atoms with Crippen molar-refractivity contribution in [2.24, 2.45) is 12.5 Å². The highest BCUT2D eigenvalue weighted by molar-refractivity contribution is 5.89. The fourth-order valence-corrected chi connectivity index (χ4v) is 1.80. The molecule has 1 aromatic heterocycles. The first-order valence-electron chi connectivity index (χ1n) is 5.52. The lowest BCUT2D eigenvalue weighted by Gasteiger charge is -2.11. The highest BCUT2D eigenvalue weighted by atomic mass is 16.5. The van der Waals surface area contributed by atoms with Crippen LogP contribution in [0.3, 0.4) is 0 Å². The summed E-state index contributed by atoms with van der Waals surface area (Å²) < 4.78 is 6.88. The van der Waals surface area contributed by atoms with E-state index in [4.69, 9.17) is 15.7 Å². The third-order valence-electron chi connectivity index (χ3n) is 3.16. The normalized spacial score (nSPS) is 16.2. The van der Waals surface area contributed by atoms with Crippen LogP contribution in [0, 0.1) is 16.7 Å². The summed E-state index contributed by atoms with van der Waals surface area (Å²) in [6.45, 7) is 0.324. The summed E-state index contributed by atoms with van der Waals surface area (Å²) in [6, 6.07) is 3.72. The Morgan fingerprint density at radius 3 is 2.88 bits per heavy atom. The number of nitrogens with zero attached hydrogens (tertiary/aromatic N) is 2. The van der Waals surface area contributed by atoms with Gasteiger partial charge in [-0.25, -0.2) is 4.79 Å². The van der Waals surface area contributed by atoms with Gasteiger partial charge in [-0.2, -0.15) is 5.26 Å². The van der Waals surface area contributed by atoms with Gasteiger partial charge in [0.05, 0.1) is 18.4 Å². The van der Waals surface area contributed by atoms with Crippen LogP contribution < -0.4 is 5.73 Å². The van der Waals surface area contributed by atoms with E-state index >= 15 is 0 Å². The molecule has 0 unspecified atom stereocenters. The maximum atomic E-state index is 11.8. The predicted molar refractivity (Wildman–Crippen MR) is 62.0 cm³/mol. The maximum absolute atomic E-state index is 11.8. The Balaban J connectivity index is 1.94. The van der Waals surface area contributed by atoms with Crippen LogP contribution in [0.25, 0.3) is 0 Å². The van der Waals surface area contributed by atoms with Crippen LogP contribution >= 0.6 is 0 Å². The number of ether oxygens (including phenoxy) is 1. The largest absolute Gasteiger partial charge is 0.460 e. The van der Waals surface area contributed by atoms with E-state index < -0.39 is 0 Å². The van der Waals surface area contributed by atoms with Crippen LogP contribution in [0.15, 0.2) is 12.3 Å². The number of nitriles is 1. The van der Waals surface area contributed by atoms with Gasteiger partial charge in [0.1, 0.15) is 5.69 Å². The van der Waals surface area contributed by atoms with Crippen molar-refractivity contribution < 1.29 is 9.53 Å². The van der Waals surface area contributed by atoms with E-state index in [1.54, 1.807) is 23.9 Å². The van der Waals surface area contributed by atoms with Gasteiger partial charge < -0.3 is 15.0 Å². The van der Waals surface area contributed by atoms with Crippen molar-refractivity contribution in [1.82, 2.24) is 4.57 Å².